The number of hydrogen-bond donors (Lipinski definition) is 1. The highest BCUT2D eigenvalue weighted by molar-refractivity contribution is 7.92. The van der Waals surface area contributed by atoms with Gasteiger partial charge in [0.05, 0.1) is 10.1 Å². The van der Waals surface area contributed by atoms with Crippen LogP contribution in [0.25, 0.3) is 6.08 Å². The van der Waals surface area contributed by atoms with Gasteiger partial charge in [-0.15, -0.1) is 0 Å². The highest BCUT2D eigenvalue weighted by Gasteiger charge is 2.33. The Morgan fingerprint density at radius 3 is 2.59 bits per heavy atom. The Morgan fingerprint density at radius 1 is 1.29 bits per heavy atom. The third-order valence-electron chi connectivity index (χ3n) is 3.15. The van der Waals surface area contributed by atoms with Crippen LogP contribution in [-0.2, 0) is 9.84 Å². The molecular formula is C13H17NO2S. The molecular weight excluding hydrogens is 234 g/mol. The van der Waals surface area contributed by atoms with Gasteiger partial charge in [-0.1, -0.05) is 36.8 Å². The van der Waals surface area contributed by atoms with E-state index in [0.29, 0.717) is 11.4 Å². The van der Waals surface area contributed by atoms with Crippen LogP contribution in [0.4, 0.5) is 0 Å². The van der Waals surface area contributed by atoms with Crippen LogP contribution >= 0.6 is 0 Å². The fourth-order valence-corrected chi connectivity index (χ4v) is 3.98. The lowest BCUT2D eigenvalue weighted by Crippen LogP contribution is -2.28. The smallest absolute Gasteiger partial charge is 0.181 e. The molecule has 1 aromatic rings. The normalized spacial score (nSPS) is 17.2. The molecule has 0 aromatic heterocycles. The molecule has 2 N–H and O–H groups in total. The Balaban J connectivity index is 2.40. The topological polar surface area (TPSA) is 60.2 Å². The first kappa shape index (κ1) is 12.3. The third-order valence-corrected chi connectivity index (χ3v) is 5.48. The van der Waals surface area contributed by atoms with Crippen LogP contribution in [0.2, 0.25) is 0 Å². The number of sulfone groups is 1. The van der Waals surface area contributed by atoms with Gasteiger partial charge in [-0.25, -0.2) is 8.42 Å². The molecule has 2 rings (SSSR count). The maximum absolute atomic E-state index is 12.3. The molecule has 0 spiro atoms. The van der Waals surface area contributed by atoms with Crippen LogP contribution in [0.1, 0.15) is 24.8 Å². The van der Waals surface area contributed by atoms with E-state index >= 15 is 0 Å². The summed E-state index contributed by atoms with van der Waals surface area (Å²) in [5.74, 6) is 0. The molecule has 0 amide bonds. The van der Waals surface area contributed by atoms with E-state index in [9.17, 15) is 8.42 Å². The summed E-state index contributed by atoms with van der Waals surface area (Å²) in [6, 6.07) is 7.11. The van der Waals surface area contributed by atoms with Crippen molar-refractivity contribution in [3.05, 3.63) is 35.9 Å². The predicted octanol–water partition coefficient (Wildman–Crippen LogP) is 1.98. The lowest BCUT2D eigenvalue weighted by molar-refractivity contribution is 0.476. The summed E-state index contributed by atoms with van der Waals surface area (Å²) in [4.78, 5) is 0.439. The zero-order valence-electron chi connectivity index (χ0n) is 9.67. The average molecular weight is 251 g/mol. The van der Waals surface area contributed by atoms with Crippen LogP contribution < -0.4 is 5.73 Å². The van der Waals surface area contributed by atoms with Crippen LogP contribution in [-0.4, -0.2) is 20.2 Å². The standard InChI is InChI=1S/C13H17NO2S/c14-10-4-6-11-5-1-2-9-13(11)17(15,16)12-7-3-8-12/h1-2,4-6,9,12H,3,7-8,10,14H2/b6-4+. The largest absolute Gasteiger partial charge is 0.327 e. The van der Waals surface area contributed by atoms with Gasteiger partial charge in [0.2, 0.25) is 0 Å². The Hall–Kier alpha value is -1.13. The second-order valence-electron chi connectivity index (χ2n) is 4.27. The first-order chi connectivity index (χ1) is 8.16. The number of benzene rings is 1. The Kier molecular flexibility index (Phi) is 3.64. The molecule has 1 fully saturated rings. The second-order valence-corrected chi connectivity index (χ2v) is 6.47. The minimum absolute atomic E-state index is 0.185. The molecule has 0 bridgehead atoms. The van der Waals surface area contributed by atoms with Crippen LogP contribution in [0.5, 0.6) is 0 Å². The fourth-order valence-electron chi connectivity index (χ4n) is 1.93. The Morgan fingerprint density at radius 2 is 2.00 bits per heavy atom. The summed E-state index contributed by atoms with van der Waals surface area (Å²) in [7, 11) is -3.16. The van der Waals surface area contributed by atoms with Crippen molar-refractivity contribution < 1.29 is 8.42 Å². The predicted molar refractivity (Wildman–Crippen MR) is 69.4 cm³/mol. The van der Waals surface area contributed by atoms with Gasteiger partial charge in [-0.3, -0.25) is 0 Å². The molecule has 0 saturated heterocycles. The van der Waals surface area contributed by atoms with Crippen LogP contribution in [0, 0.1) is 0 Å². The molecule has 17 heavy (non-hydrogen) atoms. The molecule has 0 radical (unpaired) electrons. The van der Waals surface area contributed by atoms with Crippen molar-refractivity contribution in [2.24, 2.45) is 5.73 Å². The maximum atomic E-state index is 12.3. The summed E-state index contributed by atoms with van der Waals surface area (Å²) in [6.07, 6.45) is 6.15. The molecule has 1 aliphatic carbocycles. The van der Waals surface area contributed by atoms with E-state index in [1.165, 1.54) is 0 Å². The summed E-state index contributed by atoms with van der Waals surface area (Å²) < 4.78 is 24.7. The molecule has 0 atom stereocenters. The monoisotopic (exact) mass is 251 g/mol. The fraction of sp³-hybridized carbons (Fsp3) is 0.385. The van der Waals surface area contributed by atoms with Crippen molar-refractivity contribution in [2.45, 2.75) is 29.4 Å². The molecule has 1 aromatic carbocycles. The van der Waals surface area contributed by atoms with Crippen LogP contribution in [0.15, 0.2) is 35.2 Å². The molecule has 1 aliphatic rings. The highest BCUT2D eigenvalue weighted by atomic mass is 32.2. The SMILES string of the molecule is NC/C=C/c1ccccc1S(=O)(=O)C1CCC1. The van der Waals surface area contributed by atoms with Gasteiger partial charge in [0, 0.05) is 6.54 Å². The quantitative estimate of drug-likeness (QED) is 0.890. The minimum Gasteiger partial charge on any atom is -0.327 e. The van der Waals surface area contributed by atoms with E-state index in [4.69, 9.17) is 5.73 Å². The first-order valence-corrected chi connectivity index (χ1v) is 7.40. The van der Waals surface area contributed by atoms with Gasteiger partial charge >= 0.3 is 0 Å². The van der Waals surface area contributed by atoms with Crippen molar-refractivity contribution in [1.82, 2.24) is 0 Å². The summed E-state index contributed by atoms with van der Waals surface area (Å²) in [5, 5.41) is -0.185. The van der Waals surface area contributed by atoms with Crippen molar-refractivity contribution >= 4 is 15.9 Å². The van der Waals surface area contributed by atoms with Gasteiger partial charge in [0.15, 0.2) is 9.84 Å². The van der Waals surface area contributed by atoms with Crippen LogP contribution in [0.3, 0.4) is 0 Å². The third kappa shape index (κ3) is 2.42. The lowest BCUT2D eigenvalue weighted by Gasteiger charge is -2.25. The molecule has 1 saturated carbocycles. The second kappa shape index (κ2) is 5.02. The van der Waals surface area contributed by atoms with Crippen molar-refractivity contribution in [3.63, 3.8) is 0 Å². The van der Waals surface area contributed by atoms with E-state index in [0.717, 1.165) is 24.8 Å². The van der Waals surface area contributed by atoms with Crippen molar-refractivity contribution in [1.29, 1.82) is 0 Å². The summed E-state index contributed by atoms with van der Waals surface area (Å²) in [5.41, 5.74) is 6.14. The van der Waals surface area contributed by atoms with E-state index in [1.807, 2.05) is 12.1 Å². The van der Waals surface area contributed by atoms with Gasteiger partial charge < -0.3 is 5.73 Å². The summed E-state index contributed by atoms with van der Waals surface area (Å²) in [6.45, 7) is 0.414. The van der Waals surface area contributed by atoms with E-state index in [1.54, 1.807) is 24.3 Å². The zero-order chi connectivity index (χ0) is 12.3. The van der Waals surface area contributed by atoms with E-state index in [2.05, 4.69) is 0 Å². The lowest BCUT2D eigenvalue weighted by atomic mass is 10.00. The van der Waals surface area contributed by atoms with Gasteiger partial charge in [0.1, 0.15) is 0 Å². The van der Waals surface area contributed by atoms with Crippen molar-refractivity contribution in [2.75, 3.05) is 6.54 Å². The van der Waals surface area contributed by atoms with Crippen molar-refractivity contribution in [3.8, 4) is 0 Å². The van der Waals surface area contributed by atoms with Gasteiger partial charge in [0.25, 0.3) is 0 Å². The summed E-state index contributed by atoms with van der Waals surface area (Å²) >= 11 is 0. The van der Waals surface area contributed by atoms with E-state index < -0.39 is 9.84 Å². The molecule has 3 nitrogen and oxygen atoms in total. The molecule has 0 aliphatic heterocycles. The minimum atomic E-state index is -3.16. The van der Waals surface area contributed by atoms with E-state index in [-0.39, 0.29) is 5.25 Å². The molecule has 4 heteroatoms. The highest BCUT2D eigenvalue weighted by Crippen LogP contribution is 2.32. The van der Waals surface area contributed by atoms with Gasteiger partial charge in [-0.05, 0) is 24.5 Å². The van der Waals surface area contributed by atoms with Gasteiger partial charge in [-0.2, -0.15) is 0 Å². The Bertz CT molecular complexity index is 516. The Labute approximate surface area is 102 Å². The average Bonchev–Trinajstić information content (AvgIpc) is 2.23. The molecule has 0 heterocycles. The molecule has 0 unspecified atom stereocenters. The maximum Gasteiger partial charge on any atom is 0.181 e. The zero-order valence-corrected chi connectivity index (χ0v) is 10.5. The number of hydrogen-bond acceptors (Lipinski definition) is 3. The number of nitrogens with two attached hydrogens (primary N) is 1. The number of rotatable bonds is 4. The molecule has 92 valence electrons. The first-order valence-electron chi connectivity index (χ1n) is 5.86.